The van der Waals surface area contributed by atoms with Gasteiger partial charge < -0.3 is 10.6 Å². The van der Waals surface area contributed by atoms with Crippen molar-refractivity contribution in [1.82, 2.24) is 5.32 Å². The summed E-state index contributed by atoms with van der Waals surface area (Å²) < 4.78 is 13.4. The van der Waals surface area contributed by atoms with Gasteiger partial charge in [-0.3, -0.25) is 4.79 Å². The van der Waals surface area contributed by atoms with E-state index in [2.05, 4.69) is 10.6 Å². The number of amides is 1. The molecular formula is C16H16ClFN2O. The van der Waals surface area contributed by atoms with Crippen molar-refractivity contribution in [2.45, 2.75) is 13.5 Å². The maximum atomic E-state index is 13.4. The van der Waals surface area contributed by atoms with Crippen LogP contribution in [0.5, 0.6) is 0 Å². The third kappa shape index (κ3) is 4.55. The summed E-state index contributed by atoms with van der Waals surface area (Å²) in [4.78, 5) is 11.8. The van der Waals surface area contributed by atoms with Gasteiger partial charge in [0.15, 0.2) is 0 Å². The average Bonchev–Trinajstić information content (AvgIpc) is 2.45. The molecule has 0 aliphatic carbocycles. The molecule has 0 saturated carbocycles. The van der Waals surface area contributed by atoms with Gasteiger partial charge >= 0.3 is 0 Å². The lowest BCUT2D eigenvalue weighted by Crippen LogP contribution is -2.28. The van der Waals surface area contributed by atoms with Crippen LogP contribution in [0.2, 0.25) is 5.02 Å². The Hall–Kier alpha value is -1.91. The van der Waals surface area contributed by atoms with Crippen molar-refractivity contribution < 1.29 is 9.18 Å². The summed E-state index contributed by atoms with van der Waals surface area (Å²) in [5.41, 5.74) is 2.12. The number of hydrogen-bond acceptors (Lipinski definition) is 2. The molecule has 0 radical (unpaired) electrons. The summed E-state index contributed by atoms with van der Waals surface area (Å²) in [7, 11) is 0. The van der Waals surface area contributed by atoms with Gasteiger partial charge in [-0.1, -0.05) is 35.9 Å². The van der Waals surface area contributed by atoms with Crippen molar-refractivity contribution >= 4 is 23.2 Å². The smallest absolute Gasteiger partial charge is 0.238 e. The van der Waals surface area contributed by atoms with Gasteiger partial charge in [-0.2, -0.15) is 0 Å². The summed E-state index contributed by atoms with van der Waals surface area (Å²) in [5, 5.41) is 6.24. The standard InChI is InChI=1S/C16H16ClFN2O/c1-11-6-7-13(8-14(11)17)20-16(21)10-19-9-12-4-2-3-5-15(12)18/h2-8,19H,9-10H2,1H3,(H,20,21). The highest BCUT2D eigenvalue weighted by Gasteiger charge is 2.05. The highest BCUT2D eigenvalue weighted by atomic mass is 35.5. The number of benzene rings is 2. The zero-order valence-electron chi connectivity index (χ0n) is 11.6. The highest BCUT2D eigenvalue weighted by molar-refractivity contribution is 6.31. The number of carbonyl (C=O) groups excluding carboxylic acids is 1. The maximum absolute atomic E-state index is 13.4. The summed E-state index contributed by atoms with van der Waals surface area (Å²) >= 11 is 5.99. The molecule has 5 heteroatoms. The highest BCUT2D eigenvalue weighted by Crippen LogP contribution is 2.19. The molecule has 0 aromatic heterocycles. The van der Waals surface area contributed by atoms with E-state index in [1.165, 1.54) is 6.07 Å². The summed E-state index contributed by atoms with van der Waals surface area (Å²) in [5.74, 6) is -0.484. The zero-order valence-corrected chi connectivity index (χ0v) is 12.4. The van der Waals surface area contributed by atoms with Crippen molar-refractivity contribution in [1.29, 1.82) is 0 Å². The Balaban J connectivity index is 1.82. The van der Waals surface area contributed by atoms with Gasteiger partial charge in [0.1, 0.15) is 5.82 Å². The van der Waals surface area contributed by atoms with E-state index in [1.807, 2.05) is 13.0 Å². The molecule has 2 aromatic carbocycles. The predicted octanol–water partition coefficient (Wildman–Crippen LogP) is 3.52. The van der Waals surface area contributed by atoms with Crippen LogP contribution in [0.25, 0.3) is 0 Å². The van der Waals surface area contributed by atoms with E-state index < -0.39 is 0 Å². The van der Waals surface area contributed by atoms with E-state index in [4.69, 9.17) is 11.6 Å². The summed E-state index contributed by atoms with van der Waals surface area (Å²) in [6.45, 7) is 2.29. The third-order valence-corrected chi connectivity index (χ3v) is 3.42. The molecule has 2 rings (SSSR count). The molecule has 3 nitrogen and oxygen atoms in total. The number of rotatable bonds is 5. The van der Waals surface area contributed by atoms with Crippen LogP contribution in [0.4, 0.5) is 10.1 Å². The van der Waals surface area contributed by atoms with Gasteiger partial charge in [-0.25, -0.2) is 4.39 Å². The summed E-state index contributed by atoms with van der Waals surface area (Å²) in [6, 6.07) is 11.8. The first-order chi connectivity index (χ1) is 10.1. The first-order valence-electron chi connectivity index (χ1n) is 6.56. The van der Waals surface area contributed by atoms with E-state index in [0.29, 0.717) is 22.8 Å². The lowest BCUT2D eigenvalue weighted by molar-refractivity contribution is -0.115. The molecular weight excluding hydrogens is 291 g/mol. The Morgan fingerprint density at radius 2 is 2.00 bits per heavy atom. The Morgan fingerprint density at radius 1 is 1.24 bits per heavy atom. The second-order valence-electron chi connectivity index (χ2n) is 4.71. The molecule has 0 bridgehead atoms. The molecule has 0 heterocycles. The molecule has 2 aromatic rings. The first-order valence-corrected chi connectivity index (χ1v) is 6.94. The molecule has 0 saturated heterocycles. The van der Waals surface area contributed by atoms with Crippen LogP contribution >= 0.6 is 11.6 Å². The lowest BCUT2D eigenvalue weighted by Gasteiger charge is -2.08. The molecule has 2 N–H and O–H groups in total. The molecule has 0 fully saturated rings. The van der Waals surface area contributed by atoms with Crippen LogP contribution < -0.4 is 10.6 Å². The zero-order chi connectivity index (χ0) is 15.2. The molecule has 1 amide bonds. The molecule has 0 aliphatic heterocycles. The van der Waals surface area contributed by atoms with Crippen molar-refractivity contribution in [3.8, 4) is 0 Å². The quantitative estimate of drug-likeness (QED) is 0.887. The van der Waals surface area contributed by atoms with Gasteiger partial charge in [0.05, 0.1) is 6.54 Å². The number of carbonyl (C=O) groups is 1. The van der Waals surface area contributed by atoms with Crippen LogP contribution in [-0.4, -0.2) is 12.5 Å². The Labute approximate surface area is 128 Å². The van der Waals surface area contributed by atoms with Gasteiger partial charge in [0.2, 0.25) is 5.91 Å². The van der Waals surface area contributed by atoms with Gasteiger partial charge in [0, 0.05) is 22.8 Å². The lowest BCUT2D eigenvalue weighted by atomic mass is 10.2. The number of halogens is 2. The predicted molar refractivity (Wildman–Crippen MR) is 82.9 cm³/mol. The fourth-order valence-corrected chi connectivity index (χ4v) is 2.01. The molecule has 0 unspecified atom stereocenters. The van der Waals surface area contributed by atoms with E-state index in [9.17, 15) is 9.18 Å². The Morgan fingerprint density at radius 3 is 2.71 bits per heavy atom. The topological polar surface area (TPSA) is 41.1 Å². The van der Waals surface area contributed by atoms with Gasteiger partial charge in [-0.05, 0) is 30.7 Å². The third-order valence-electron chi connectivity index (χ3n) is 3.01. The number of anilines is 1. The summed E-state index contributed by atoms with van der Waals surface area (Å²) in [6.07, 6.45) is 0. The largest absolute Gasteiger partial charge is 0.325 e. The Kier molecular flexibility index (Phi) is 5.31. The van der Waals surface area contributed by atoms with E-state index in [1.54, 1.807) is 30.3 Å². The minimum absolute atomic E-state index is 0.0971. The van der Waals surface area contributed by atoms with Crippen LogP contribution in [0, 0.1) is 12.7 Å². The fourth-order valence-electron chi connectivity index (χ4n) is 1.83. The van der Waals surface area contributed by atoms with Crippen LogP contribution in [-0.2, 0) is 11.3 Å². The molecule has 0 aliphatic rings. The van der Waals surface area contributed by atoms with E-state index in [0.717, 1.165) is 5.56 Å². The minimum atomic E-state index is -0.282. The first kappa shape index (κ1) is 15.5. The van der Waals surface area contributed by atoms with E-state index >= 15 is 0 Å². The van der Waals surface area contributed by atoms with Crippen molar-refractivity contribution in [2.24, 2.45) is 0 Å². The van der Waals surface area contributed by atoms with Crippen molar-refractivity contribution in [2.75, 3.05) is 11.9 Å². The van der Waals surface area contributed by atoms with E-state index in [-0.39, 0.29) is 18.3 Å². The van der Waals surface area contributed by atoms with Crippen LogP contribution in [0.1, 0.15) is 11.1 Å². The van der Waals surface area contributed by atoms with Crippen molar-refractivity contribution in [3.05, 3.63) is 64.4 Å². The maximum Gasteiger partial charge on any atom is 0.238 e. The molecule has 110 valence electrons. The minimum Gasteiger partial charge on any atom is -0.325 e. The SMILES string of the molecule is Cc1ccc(NC(=O)CNCc2ccccc2F)cc1Cl. The van der Waals surface area contributed by atoms with Crippen LogP contribution in [0.15, 0.2) is 42.5 Å². The van der Waals surface area contributed by atoms with Crippen LogP contribution in [0.3, 0.4) is 0 Å². The monoisotopic (exact) mass is 306 g/mol. The second-order valence-corrected chi connectivity index (χ2v) is 5.11. The van der Waals surface area contributed by atoms with Gasteiger partial charge in [0.25, 0.3) is 0 Å². The molecule has 0 spiro atoms. The fraction of sp³-hybridized carbons (Fsp3) is 0.188. The normalized spacial score (nSPS) is 10.4. The number of nitrogens with one attached hydrogen (secondary N) is 2. The molecule has 21 heavy (non-hydrogen) atoms. The number of hydrogen-bond donors (Lipinski definition) is 2. The van der Waals surface area contributed by atoms with Gasteiger partial charge in [-0.15, -0.1) is 0 Å². The van der Waals surface area contributed by atoms with Crippen molar-refractivity contribution in [3.63, 3.8) is 0 Å². The Bertz CT molecular complexity index is 646. The average molecular weight is 307 g/mol. The number of aryl methyl sites for hydroxylation is 1. The molecule has 0 atom stereocenters. The second kappa shape index (κ2) is 7.20.